The quantitative estimate of drug-likeness (QED) is 0.277. The van der Waals surface area contributed by atoms with Crippen molar-refractivity contribution in [3.8, 4) is 0 Å². The number of carbonyl (C=O) groups is 1. The Morgan fingerprint density at radius 2 is 1.96 bits per heavy atom. The van der Waals surface area contributed by atoms with Crippen LogP contribution in [0.3, 0.4) is 0 Å². The molecule has 0 aliphatic heterocycles. The fraction of sp³-hybridized carbons (Fsp3) is 0.118. The largest absolute Gasteiger partial charge is 0.352 e. The number of amides is 1. The molecule has 0 spiro atoms. The Morgan fingerprint density at radius 3 is 2.70 bits per heavy atom. The summed E-state index contributed by atoms with van der Waals surface area (Å²) in [6.45, 7) is 0.553. The Bertz CT molecular complexity index is 702. The minimum Gasteiger partial charge on any atom is -0.352 e. The highest BCUT2D eigenvalue weighted by Crippen LogP contribution is 2.16. The zero-order valence-electron chi connectivity index (χ0n) is 12.3. The summed E-state index contributed by atoms with van der Waals surface area (Å²) in [7, 11) is 0. The van der Waals surface area contributed by atoms with Gasteiger partial charge in [0, 0.05) is 35.4 Å². The number of carbonyl (C=O) groups excluding carboxylic acids is 1. The molecule has 1 amide bonds. The van der Waals surface area contributed by atoms with E-state index in [1.54, 1.807) is 30.0 Å². The number of non-ortho nitro benzene ring substituents is 1. The van der Waals surface area contributed by atoms with Crippen molar-refractivity contribution in [1.29, 1.82) is 0 Å². The van der Waals surface area contributed by atoms with Gasteiger partial charge in [0.1, 0.15) is 0 Å². The van der Waals surface area contributed by atoms with Crippen LogP contribution in [-0.2, 0) is 4.79 Å². The van der Waals surface area contributed by atoms with E-state index in [2.05, 4.69) is 5.32 Å². The van der Waals surface area contributed by atoms with Crippen LogP contribution < -0.4 is 5.32 Å². The summed E-state index contributed by atoms with van der Waals surface area (Å²) in [4.78, 5) is 23.1. The fourth-order valence-corrected chi connectivity index (χ4v) is 2.62. The molecule has 0 bridgehead atoms. The van der Waals surface area contributed by atoms with Crippen molar-refractivity contribution < 1.29 is 9.72 Å². The molecule has 5 nitrogen and oxygen atoms in total. The monoisotopic (exact) mass is 328 g/mol. The molecule has 0 aliphatic carbocycles. The predicted octanol–water partition coefficient (Wildman–Crippen LogP) is 3.52. The molecule has 6 heteroatoms. The third kappa shape index (κ3) is 5.96. The van der Waals surface area contributed by atoms with Crippen LogP contribution in [-0.4, -0.2) is 23.1 Å². The fourth-order valence-electron chi connectivity index (χ4n) is 1.83. The molecule has 0 radical (unpaired) electrons. The zero-order chi connectivity index (χ0) is 16.5. The summed E-state index contributed by atoms with van der Waals surface area (Å²) in [6.07, 6.45) is 2.94. The first-order chi connectivity index (χ1) is 11.1. The molecule has 0 saturated heterocycles. The van der Waals surface area contributed by atoms with Crippen LogP contribution in [0.5, 0.6) is 0 Å². The number of nitro benzene ring substituents is 1. The summed E-state index contributed by atoms with van der Waals surface area (Å²) in [5.41, 5.74) is 0.625. The Hall–Kier alpha value is -2.60. The minimum atomic E-state index is -0.460. The first-order valence-corrected chi connectivity index (χ1v) is 8.02. The lowest BCUT2D eigenvalue weighted by molar-refractivity contribution is -0.384. The van der Waals surface area contributed by atoms with Crippen LogP contribution >= 0.6 is 11.8 Å². The molecular formula is C17H16N2O3S. The SMILES string of the molecule is O=C(/C=C/c1cccc([N+](=O)[O-])c1)NCCSc1ccccc1. The van der Waals surface area contributed by atoms with Crippen molar-refractivity contribution in [2.24, 2.45) is 0 Å². The lowest BCUT2D eigenvalue weighted by atomic mass is 10.2. The zero-order valence-corrected chi connectivity index (χ0v) is 13.2. The second-order valence-corrected chi connectivity index (χ2v) is 5.81. The Kier molecular flexibility index (Phi) is 6.38. The van der Waals surface area contributed by atoms with Crippen LogP contribution in [0.15, 0.2) is 65.6 Å². The van der Waals surface area contributed by atoms with Crippen molar-refractivity contribution in [1.82, 2.24) is 5.32 Å². The van der Waals surface area contributed by atoms with E-state index in [9.17, 15) is 14.9 Å². The van der Waals surface area contributed by atoms with E-state index in [1.807, 2.05) is 30.3 Å². The van der Waals surface area contributed by atoms with Gasteiger partial charge in [0.05, 0.1) is 4.92 Å². The van der Waals surface area contributed by atoms with Crippen molar-refractivity contribution in [2.45, 2.75) is 4.90 Å². The van der Waals surface area contributed by atoms with E-state index >= 15 is 0 Å². The van der Waals surface area contributed by atoms with Gasteiger partial charge in [-0.05, 0) is 23.8 Å². The van der Waals surface area contributed by atoms with Crippen molar-refractivity contribution in [2.75, 3.05) is 12.3 Å². The van der Waals surface area contributed by atoms with Crippen LogP contribution in [0.1, 0.15) is 5.56 Å². The summed E-state index contributed by atoms with van der Waals surface area (Å²) in [5.74, 6) is 0.561. The number of hydrogen-bond donors (Lipinski definition) is 1. The third-order valence-corrected chi connectivity index (χ3v) is 3.94. The van der Waals surface area contributed by atoms with Crippen LogP contribution in [0.2, 0.25) is 0 Å². The molecule has 0 saturated carbocycles. The Labute approximate surface area is 138 Å². The highest BCUT2D eigenvalue weighted by atomic mass is 32.2. The number of hydrogen-bond acceptors (Lipinski definition) is 4. The number of benzene rings is 2. The lowest BCUT2D eigenvalue weighted by Crippen LogP contribution is -2.23. The van der Waals surface area contributed by atoms with Gasteiger partial charge in [-0.3, -0.25) is 14.9 Å². The lowest BCUT2D eigenvalue weighted by Gasteiger charge is -2.02. The average molecular weight is 328 g/mol. The van der Waals surface area contributed by atoms with Gasteiger partial charge in [-0.15, -0.1) is 11.8 Å². The van der Waals surface area contributed by atoms with Gasteiger partial charge in [-0.1, -0.05) is 30.3 Å². The van der Waals surface area contributed by atoms with E-state index in [4.69, 9.17) is 0 Å². The third-order valence-electron chi connectivity index (χ3n) is 2.92. The summed E-state index contributed by atoms with van der Waals surface area (Å²) < 4.78 is 0. The number of rotatable bonds is 7. The van der Waals surface area contributed by atoms with E-state index in [1.165, 1.54) is 18.2 Å². The van der Waals surface area contributed by atoms with Gasteiger partial charge in [0.15, 0.2) is 0 Å². The standard InChI is InChI=1S/C17H16N2O3S/c20-17(18-11-12-23-16-7-2-1-3-8-16)10-9-14-5-4-6-15(13-14)19(21)22/h1-10,13H,11-12H2,(H,18,20)/b10-9+. The van der Waals surface area contributed by atoms with Crippen molar-refractivity contribution >= 4 is 29.4 Å². The summed E-state index contributed by atoms with van der Waals surface area (Å²) in [6, 6.07) is 16.1. The highest BCUT2D eigenvalue weighted by Gasteiger charge is 2.04. The first-order valence-electron chi connectivity index (χ1n) is 7.03. The van der Waals surface area contributed by atoms with Gasteiger partial charge >= 0.3 is 0 Å². The maximum Gasteiger partial charge on any atom is 0.270 e. The second-order valence-electron chi connectivity index (χ2n) is 4.64. The van der Waals surface area contributed by atoms with E-state index in [0.717, 1.165) is 10.6 Å². The molecule has 0 unspecified atom stereocenters. The molecule has 0 atom stereocenters. The predicted molar refractivity (Wildman–Crippen MR) is 92.3 cm³/mol. The molecule has 118 valence electrons. The Balaban J connectivity index is 1.76. The molecule has 2 rings (SSSR count). The molecule has 2 aromatic rings. The van der Waals surface area contributed by atoms with E-state index in [-0.39, 0.29) is 11.6 Å². The number of nitrogens with one attached hydrogen (secondary N) is 1. The molecular weight excluding hydrogens is 312 g/mol. The molecule has 23 heavy (non-hydrogen) atoms. The summed E-state index contributed by atoms with van der Waals surface area (Å²) >= 11 is 1.67. The van der Waals surface area contributed by atoms with Gasteiger partial charge in [0.2, 0.25) is 5.91 Å². The van der Waals surface area contributed by atoms with Crippen molar-refractivity contribution in [3.63, 3.8) is 0 Å². The van der Waals surface area contributed by atoms with Gasteiger partial charge in [-0.2, -0.15) is 0 Å². The molecule has 0 aromatic heterocycles. The maximum absolute atomic E-state index is 11.7. The van der Waals surface area contributed by atoms with Gasteiger partial charge in [-0.25, -0.2) is 0 Å². The smallest absolute Gasteiger partial charge is 0.270 e. The van der Waals surface area contributed by atoms with E-state index in [0.29, 0.717) is 12.1 Å². The highest BCUT2D eigenvalue weighted by molar-refractivity contribution is 7.99. The second kappa shape index (κ2) is 8.75. The van der Waals surface area contributed by atoms with Gasteiger partial charge < -0.3 is 5.32 Å². The number of thioether (sulfide) groups is 1. The first kappa shape index (κ1) is 16.8. The van der Waals surface area contributed by atoms with Crippen LogP contribution in [0.4, 0.5) is 5.69 Å². The molecule has 0 heterocycles. The average Bonchev–Trinajstić information content (AvgIpc) is 2.58. The normalized spacial score (nSPS) is 10.6. The van der Waals surface area contributed by atoms with Crippen LogP contribution in [0.25, 0.3) is 6.08 Å². The molecule has 0 aliphatic rings. The van der Waals surface area contributed by atoms with Crippen LogP contribution in [0, 0.1) is 10.1 Å². The molecule has 2 aromatic carbocycles. The number of nitro groups is 1. The van der Waals surface area contributed by atoms with Gasteiger partial charge in [0.25, 0.3) is 5.69 Å². The van der Waals surface area contributed by atoms with Crippen molar-refractivity contribution in [3.05, 3.63) is 76.4 Å². The molecule has 1 N–H and O–H groups in total. The van der Waals surface area contributed by atoms with E-state index < -0.39 is 4.92 Å². The Morgan fingerprint density at radius 1 is 1.17 bits per heavy atom. The minimum absolute atomic E-state index is 0.00631. The molecule has 0 fully saturated rings. The maximum atomic E-state index is 11.7. The summed E-state index contributed by atoms with van der Waals surface area (Å²) in [5, 5.41) is 13.5. The topological polar surface area (TPSA) is 72.2 Å². The number of nitrogens with zero attached hydrogens (tertiary/aromatic N) is 1.